The molecule has 0 unspecified atom stereocenters. The number of para-hydroxylation sites is 1. The average Bonchev–Trinajstić information content (AvgIpc) is 2.10. The first-order valence-corrected chi connectivity index (χ1v) is 5.11. The van der Waals surface area contributed by atoms with Gasteiger partial charge in [0.05, 0.1) is 11.1 Å². The molecule has 13 heavy (non-hydrogen) atoms. The zero-order valence-electron chi connectivity index (χ0n) is 7.52. The van der Waals surface area contributed by atoms with Gasteiger partial charge in [-0.15, -0.1) is 0 Å². The van der Waals surface area contributed by atoms with E-state index >= 15 is 0 Å². The number of rotatable bonds is 4. The highest BCUT2D eigenvalue weighted by Crippen LogP contribution is 2.27. The Balaban J connectivity index is 2.64. The van der Waals surface area contributed by atoms with E-state index in [0.29, 0.717) is 16.8 Å². The molecule has 0 spiro atoms. The molecule has 0 fully saturated rings. The van der Waals surface area contributed by atoms with Crippen LogP contribution in [0.2, 0.25) is 0 Å². The molecule has 0 aromatic heterocycles. The summed E-state index contributed by atoms with van der Waals surface area (Å²) < 4.78 is 19.1. The van der Waals surface area contributed by atoms with Crippen molar-refractivity contribution in [2.24, 2.45) is 0 Å². The molecule has 0 aliphatic heterocycles. The van der Waals surface area contributed by atoms with Crippen LogP contribution in [0.5, 0.6) is 5.75 Å². The summed E-state index contributed by atoms with van der Waals surface area (Å²) in [7, 11) is 0. The maximum absolute atomic E-state index is 13.1. The number of halogens is 2. The summed E-state index contributed by atoms with van der Waals surface area (Å²) in [5.41, 5.74) is 0. The van der Waals surface area contributed by atoms with Crippen molar-refractivity contribution >= 4 is 15.9 Å². The van der Waals surface area contributed by atoms with Crippen LogP contribution in [0.25, 0.3) is 0 Å². The highest BCUT2D eigenvalue weighted by atomic mass is 79.9. The maximum atomic E-state index is 13.1. The molecule has 0 aliphatic carbocycles. The molecule has 0 saturated carbocycles. The monoisotopic (exact) mass is 246 g/mol. The Hall–Kier alpha value is -0.570. The third-order valence-electron chi connectivity index (χ3n) is 1.66. The van der Waals surface area contributed by atoms with Crippen molar-refractivity contribution in [3.05, 3.63) is 28.5 Å². The van der Waals surface area contributed by atoms with Crippen LogP contribution < -0.4 is 4.74 Å². The third-order valence-corrected chi connectivity index (χ3v) is 2.29. The fourth-order valence-electron chi connectivity index (χ4n) is 0.939. The van der Waals surface area contributed by atoms with E-state index in [0.717, 1.165) is 12.8 Å². The largest absolute Gasteiger partial charge is 0.489 e. The smallest absolute Gasteiger partial charge is 0.169 e. The lowest BCUT2D eigenvalue weighted by Gasteiger charge is -2.07. The lowest BCUT2D eigenvalue weighted by atomic mass is 10.3. The van der Waals surface area contributed by atoms with Gasteiger partial charge in [-0.1, -0.05) is 19.4 Å². The van der Waals surface area contributed by atoms with Gasteiger partial charge in [-0.05, 0) is 34.5 Å². The molecule has 0 bridgehead atoms. The van der Waals surface area contributed by atoms with Crippen molar-refractivity contribution < 1.29 is 9.13 Å². The predicted molar refractivity (Wildman–Crippen MR) is 54.5 cm³/mol. The molecule has 0 amide bonds. The Morgan fingerprint density at radius 3 is 2.85 bits per heavy atom. The predicted octanol–water partition coefficient (Wildman–Crippen LogP) is 3.77. The lowest BCUT2D eigenvalue weighted by Crippen LogP contribution is -1.99. The number of ether oxygens (including phenoxy) is 1. The molecule has 0 aliphatic rings. The fraction of sp³-hybridized carbons (Fsp3) is 0.400. The van der Waals surface area contributed by atoms with Gasteiger partial charge in [-0.2, -0.15) is 0 Å². The van der Waals surface area contributed by atoms with Gasteiger partial charge < -0.3 is 4.74 Å². The van der Waals surface area contributed by atoms with Gasteiger partial charge in [0, 0.05) is 0 Å². The van der Waals surface area contributed by atoms with Gasteiger partial charge in [0.15, 0.2) is 11.6 Å². The van der Waals surface area contributed by atoms with Crippen LogP contribution in [-0.2, 0) is 0 Å². The molecule has 1 aromatic carbocycles. The Morgan fingerprint density at radius 2 is 2.23 bits per heavy atom. The lowest BCUT2D eigenvalue weighted by molar-refractivity contribution is 0.292. The molecule has 0 radical (unpaired) electrons. The van der Waals surface area contributed by atoms with Gasteiger partial charge in [0.2, 0.25) is 0 Å². The summed E-state index contributed by atoms with van der Waals surface area (Å²) >= 11 is 3.23. The first kappa shape index (κ1) is 10.5. The molecule has 0 atom stereocenters. The van der Waals surface area contributed by atoms with Crippen molar-refractivity contribution in [2.75, 3.05) is 6.61 Å². The molecular weight excluding hydrogens is 235 g/mol. The van der Waals surface area contributed by atoms with Gasteiger partial charge in [0.1, 0.15) is 0 Å². The van der Waals surface area contributed by atoms with E-state index in [1.165, 1.54) is 6.07 Å². The summed E-state index contributed by atoms with van der Waals surface area (Å²) in [5, 5.41) is 0. The van der Waals surface area contributed by atoms with E-state index < -0.39 is 0 Å². The van der Waals surface area contributed by atoms with Crippen LogP contribution in [0.4, 0.5) is 4.39 Å². The van der Waals surface area contributed by atoms with Gasteiger partial charge in [-0.25, -0.2) is 4.39 Å². The van der Waals surface area contributed by atoms with Crippen molar-refractivity contribution in [1.82, 2.24) is 0 Å². The standard InChI is InChI=1S/C10H12BrFO/c1-2-3-7-13-10-8(11)5-4-6-9(10)12/h4-6H,2-3,7H2,1H3. The van der Waals surface area contributed by atoms with Crippen LogP contribution >= 0.6 is 15.9 Å². The second-order valence-electron chi connectivity index (χ2n) is 2.75. The van der Waals surface area contributed by atoms with Crippen LogP contribution in [0.3, 0.4) is 0 Å². The summed E-state index contributed by atoms with van der Waals surface area (Å²) in [4.78, 5) is 0. The van der Waals surface area contributed by atoms with Gasteiger partial charge in [0.25, 0.3) is 0 Å². The van der Waals surface area contributed by atoms with Crippen LogP contribution in [0.15, 0.2) is 22.7 Å². The second kappa shape index (κ2) is 5.22. The van der Waals surface area contributed by atoms with Crippen molar-refractivity contribution in [1.29, 1.82) is 0 Å². The number of hydrogen-bond donors (Lipinski definition) is 0. The summed E-state index contributed by atoms with van der Waals surface area (Å²) in [5.74, 6) is 0.00132. The minimum absolute atomic E-state index is 0.314. The van der Waals surface area contributed by atoms with E-state index in [1.54, 1.807) is 12.1 Å². The molecule has 72 valence electrons. The second-order valence-corrected chi connectivity index (χ2v) is 3.61. The SMILES string of the molecule is CCCCOc1c(F)cccc1Br. The van der Waals surface area contributed by atoms with Crippen molar-refractivity contribution in [2.45, 2.75) is 19.8 Å². The van der Waals surface area contributed by atoms with Crippen LogP contribution in [-0.4, -0.2) is 6.61 Å². The first-order chi connectivity index (χ1) is 6.25. The maximum Gasteiger partial charge on any atom is 0.169 e. The van der Waals surface area contributed by atoms with Gasteiger partial charge >= 0.3 is 0 Å². The van der Waals surface area contributed by atoms with Crippen molar-refractivity contribution in [3.8, 4) is 5.75 Å². The molecular formula is C10H12BrFO. The summed E-state index contributed by atoms with van der Waals surface area (Å²) in [6, 6.07) is 4.81. The highest BCUT2D eigenvalue weighted by Gasteiger charge is 2.06. The molecule has 0 saturated heterocycles. The van der Waals surface area contributed by atoms with E-state index in [4.69, 9.17) is 4.74 Å². The van der Waals surface area contributed by atoms with Crippen LogP contribution in [0.1, 0.15) is 19.8 Å². The van der Waals surface area contributed by atoms with Gasteiger partial charge in [-0.3, -0.25) is 0 Å². The minimum Gasteiger partial charge on any atom is -0.489 e. The van der Waals surface area contributed by atoms with E-state index in [-0.39, 0.29) is 5.82 Å². The average molecular weight is 247 g/mol. The normalized spacial score (nSPS) is 10.1. The zero-order valence-corrected chi connectivity index (χ0v) is 9.10. The topological polar surface area (TPSA) is 9.23 Å². The van der Waals surface area contributed by atoms with E-state index in [9.17, 15) is 4.39 Å². The van der Waals surface area contributed by atoms with Crippen molar-refractivity contribution in [3.63, 3.8) is 0 Å². The Kier molecular flexibility index (Phi) is 4.22. The number of hydrogen-bond acceptors (Lipinski definition) is 1. The molecule has 1 nitrogen and oxygen atoms in total. The van der Waals surface area contributed by atoms with E-state index in [2.05, 4.69) is 22.9 Å². The fourth-order valence-corrected chi connectivity index (χ4v) is 1.40. The quantitative estimate of drug-likeness (QED) is 0.736. The Bertz CT molecular complexity index is 255. The first-order valence-electron chi connectivity index (χ1n) is 4.32. The Labute approximate surface area is 86.0 Å². The zero-order chi connectivity index (χ0) is 9.68. The Morgan fingerprint density at radius 1 is 1.46 bits per heavy atom. The summed E-state index contributed by atoms with van der Waals surface area (Å²) in [6.45, 7) is 2.63. The molecule has 1 rings (SSSR count). The summed E-state index contributed by atoms with van der Waals surface area (Å²) in [6.07, 6.45) is 1.99. The van der Waals surface area contributed by atoms with E-state index in [1.807, 2.05) is 0 Å². The molecule has 3 heteroatoms. The molecule has 0 N–H and O–H groups in total. The number of unbranched alkanes of at least 4 members (excludes halogenated alkanes) is 1. The third kappa shape index (κ3) is 2.99. The highest BCUT2D eigenvalue weighted by molar-refractivity contribution is 9.10. The van der Waals surface area contributed by atoms with Crippen LogP contribution in [0, 0.1) is 5.82 Å². The molecule has 1 aromatic rings. The number of benzene rings is 1. The molecule has 0 heterocycles. The minimum atomic E-state index is -0.314.